The second kappa shape index (κ2) is 4.19. The van der Waals surface area contributed by atoms with Crippen molar-refractivity contribution in [1.82, 2.24) is 10.3 Å². The zero-order valence-electron chi connectivity index (χ0n) is 9.75. The molecule has 2 heterocycles. The molecule has 1 unspecified atom stereocenters. The highest BCUT2D eigenvalue weighted by atomic mass is 15.1. The van der Waals surface area contributed by atoms with Gasteiger partial charge in [-0.05, 0) is 37.9 Å². The summed E-state index contributed by atoms with van der Waals surface area (Å²) in [6.45, 7) is 3.24. The van der Waals surface area contributed by atoms with Crippen molar-refractivity contribution in [3.63, 3.8) is 0 Å². The summed E-state index contributed by atoms with van der Waals surface area (Å²) < 4.78 is 0. The van der Waals surface area contributed by atoms with Crippen LogP contribution in [-0.2, 0) is 0 Å². The van der Waals surface area contributed by atoms with E-state index in [9.17, 15) is 0 Å². The first-order valence-electron chi connectivity index (χ1n) is 5.57. The molecule has 2 rings (SSSR count). The summed E-state index contributed by atoms with van der Waals surface area (Å²) in [5, 5.41) is 3.51. The van der Waals surface area contributed by atoms with Crippen LogP contribution in [0.5, 0.6) is 0 Å². The molecule has 0 saturated carbocycles. The van der Waals surface area contributed by atoms with E-state index in [1.54, 1.807) is 0 Å². The zero-order valence-corrected chi connectivity index (χ0v) is 9.75. The van der Waals surface area contributed by atoms with Gasteiger partial charge in [0.2, 0.25) is 0 Å². The van der Waals surface area contributed by atoms with Gasteiger partial charge in [0.05, 0.1) is 0 Å². The maximum atomic E-state index is 4.60. The van der Waals surface area contributed by atoms with Crippen LogP contribution in [-0.4, -0.2) is 25.6 Å². The Labute approximate surface area is 91.5 Å². The van der Waals surface area contributed by atoms with Crippen LogP contribution in [0.1, 0.15) is 30.1 Å². The van der Waals surface area contributed by atoms with Crippen LogP contribution in [0, 0.1) is 6.92 Å². The van der Waals surface area contributed by atoms with Crippen molar-refractivity contribution >= 4 is 5.82 Å². The van der Waals surface area contributed by atoms with Gasteiger partial charge in [-0.15, -0.1) is 0 Å². The minimum absolute atomic E-state index is 0.522. The lowest BCUT2D eigenvalue weighted by atomic mass is 10.0. The molecule has 1 N–H and O–H groups in total. The van der Waals surface area contributed by atoms with Gasteiger partial charge >= 0.3 is 0 Å². The second-order valence-corrected chi connectivity index (χ2v) is 4.39. The highest BCUT2D eigenvalue weighted by Gasteiger charge is 2.18. The third-order valence-corrected chi connectivity index (χ3v) is 3.01. The van der Waals surface area contributed by atoms with Gasteiger partial charge in [0.25, 0.3) is 0 Å². The molecule has 15 heavy (non-hydrogen) atoms. The molecule has 1 saturated heterocycles. The average Bonchev–Trinajstić information content (AvgIpc) is 2.70. The average molecular weight is 205 g/mol. The van der Waals surface area contributed by atoms with E-state index < -0.39 is 0 Å². The van der Waals surface area contributed by atoms with E-state index in [1.807, 2.05) is 19.0 Å². The predicted octanol–water partition coefficient (Wildman–Crippen LogP) is 1.88. The highest BCUT2D eigenvalue weighted by Crippen LogP contribution is 2.26. The zero-order chi connectivity index (χ0) is 10.8. The molecule has 1 fully saturated rings. The van der Waals surface area contributed by atoms with Crippen molar-refractivity contribution in [2.24, 2.45) is 0 Å². The molecule has 82 valence electrons. The van der Waals surface area contributed by atoms with Crippen molar-refractivity contribution < 1.29 is 0 Å². The molecular formula is C12H19N3. The van der Waals surface area contributed by atoms with Gasteiger partial charge in [0, 0.05) is 25.8 Å². The van der Waals surface area contributed by atoms with E-state index in [2.05, 4.69) is 29.4 Å². The molecule has 3 nitrogen and oxygen atoms in total. The summed E-state index contributed by atoms with van der Waals surface area (Å²) in [4.78, 5) is 6.64. The molecule has 1 aliphatic heterocycles. The van der Waals surface area contributed by atoms with Crippen molar-refractivity contribution in [2.45, 2.75) is 25.8 Å². The normalized spacial score (nSPS) is 20.6. The Hall–Kier alpha value is -1.09. The fraction of sp³-hybridized carbons (Fsp3) is 0.583. The molecule has 0 amide bonds. The summed E-state index contributed by atoms with van der Waals surface area (Å²) >= 11 is 0. The fourth-order valence-electron chi connectivity index (χ4n) is 2.13. The van der Waals surface area contributed by atoms with Crippen LogP contribution in [0.2, 0.25) is 0 Å². The number of nitrogens with one attached hydrogen (secondary N) is 1. The van der Waals surface area contributed by atoms with Crippen molar-refractivity contribution in [2.75, 3.05) is 25.5 Å². The van der Waals surface area contributed by atoms with Gasteiger partial charge in [-0.3, -0.25) is 0 Å². The minimum atomic E-state index is 0.522. The first kappa shape index (κ1) is 10.4. The fourth-order valence-corrected chi connectivity index (χ4v) is 2.13. The first-order valence-corrected chi connectivity index (χ1v) is 5.57. The number of anilines is 1. The highest BCUT2D eigenvalue weighted by molar-refractivity contribution is 5.41. The number of hydrogen-bond acceptors (Lipinski definition) is 3. The number of pyridine rings is 1. The Balaban J connectivity index is 2.25. The Morgan fingerprint density at radius 2 is 2.20 bits per heavy atom. The SMILES string of the molecule is Cc1nc(N(C)C)ccc1C1CCCN1. The topological polar surface area (TPSA) is 28.2 Å². The quantitative estimate of drug-likeness (QED) is 0.799. The van der Waals surface area contributed by atoms with Crippen LogP contribution >= 0.6 is 0 Å². The molecule has 1 aromatic rings. The Morgan fingerprint density at radius 1 is 1.40 bits per heavy atom. The van der Waals surface area contributed by atoms with E-state index in [1.165, 1.54) is 18.4 Å². The molecular weight excluding hydrogens is 186 g/mol. The maximum Gasteiger partial charge on any atom is 0.128 e. The Kier molecular flexibility index (Phi) is 2.91. The number of hydrogen-bond donors (Lipinski definition) is 1. The van der Waals surface area contributed by atoms with Gasteiger partial charge in [-0.1, -0.05) is 6.07 Å². The summed E-state index contributed by atoms with van der Waals surface area (Å²) in [5.74, 6) is 1.04. The van der Waals surface area contributed by atoms with Gasteiger partial charge in [-0.25, -0.2) is 4.98 Å². The molecule has 0 radical (unpaired) electrons. The Bertz CT molecular complexity index is 341. The van der Waals surface area contributed by atoms with E-state index in [0.717, 1.165) is 18.1 Å². The molecule has 0 spiro atoms. The van der Waals surface area contributed by atoms with Gasteiger partial charge < -0.3 is 10.2 Å². The summed E-state index contributed by atoms with van der Waals surface area (Å²) in [7, 11) is 4.05. The van der Waals surface area contributed by atoms with Crippen LogP contribution in [0.15, 0.2) is 12.1 Å². The molecule has 0 aliphatic carbocycles. The van der Waals surface area contributed by atoms with Crippen LogP contribution < -0.4 is 10.2 Å². The van der Waals surface area contributed by atoms with Crippen LogP contribution in [0.3, 0.4) is 0 Å². The summed E-state index contributed by atoms with van der Waals surface area (Å²) in [5.41, 5.74) is 2.51. The summed E-state index contributed by atoms with van der Waals surface area (Å²) in [6.07, 6.45) is 2.52. The molecule has 0 aromatic carbocycles. The van der Waals surface area contributed by atoms with Crippen LogP contribution in [0.4, 0.5) is 5.82 Å². The monoisotopic (exact) mass is 205 g/mol. The lowest BCUT2D eigenvalue weighted by Gasteiger charge is -2.17. The minimum Gasteiger partial charge on any atom is -0.363 e. The number of aromatic nitrogens is 1. The number of rotatable bonds is 2. The van der Waals surface area contributed by atoms with E-state index in [-0.39, 0.29) is 0 Å². The lowest BCUT2D eigenvalue weighted by molar-refractivity contribution is 0.639. The second-order valence-electron chi connectivity index (χ2n) is 4.39. The van der Waals surface area contributed by atoms with E-state index >= 15 is 0 Å². The lowest BCUT2D eigenvalue weighted by Crippen LogP contribution is -2.16. The molecule has 1 atom stereocenters. The van der Waals surface area contributed by atoms with Gasteiger partial charge in [0.15, 0.2) is 0 Å². The van der Waals surface area contributed by atoms with E-state index in [4.69, 9.17) is 0 Å². The maximum absolute atomic E-state index is 4.60. The molecule has 1 aromatic heterocycles. The smallest absolute Gasteiger partial charge is 0.128 e. The van der Waals surface area contributed by atoms with Crippen molar-refractivity contribution in [1.29, 1.82) is 0 Å². The Morgan fingerprint density at radius 3 is 2.73 bits per heavy atom. The van der Waals surface area contributed by atoms with Crippen molar-refractivity contribution in [3.8, 4) is 0 Å². The van der Waals surface area contributed by atoms with E-state index in [0.29, 0.717) is 6.04 Å². The number of nitrogens with zero attached hydrogens (tertiary/aromatic N) is 2. The standard InChI is InChI=1S/C12H19N3/c1-9-10(11-5-4-8-13-11)6-7-12(14-9)15(2)3/h6-7,11,13H,4-5,8H2,1-3H3. The summed E-state index contributed by atoms with van der Waals surface area (Å²) in [6, 6.07) is 4.83. The van der Waals surface area contributed by atoms with Gasteiger partial charge in [-0.2, -0.15) is 0 Å². The van der Waals surface area contributed by atoms with Gasteiger partial charge in [0.1, 0.15) is 5.82 Å². The largest absolute Gasteiger partial charge is 0.363 e. The predicted molar refractivity (Wildman–Crippen MR) is 63.3 cm³/mol. The van der Waals surface area contributed by atoms with Crippen molar-refractivity contribution in [3.05, 3.63) is 23.4 Å². The third kappa shape index (κ3) is 2.12. The first-order chi connectivity index (χ1) is 7.18. The van der Waals surface area contributed by atoms with Crippen LogP contribution in [0.25, 0.3) is 0 Å². The molecule has 1 aliphatic rings. The molecule has 0 bridgehead atoms. The number of aryl methyl sites for hydroxylation is 1. The molecule has 3 heteroatoms. The third-order valence-electron chi connectivity index (χ3n) is 3.01.